The molecule has 0 spiro atoms. The van der Waals surface area contributed by atoms with E-state index in [1.165, 1.54) is 14.2 Å². The van der Waals surface area contributed by atoms with Crippen LogP contribution in [0.25, 0.3) is 11.0 Å². The fourth-order valence-corrected chi connectivity index (χ4v) is 5.36. The Bertz CT molecular complexity index is 1570. The number of para-hydroxylation sites is 2. The Hall–Kier alpha value is -3.69. The van der Waals surface area contributed by atoms with Gasteiger partial charge >= 0.3 is 0 Å². The van der Waals surface area contributed by atoms with E-state index in [1.54, 1.807) is 19.2 Å². The molecule has 10 heteroatoms. The van der Waals surface area contributed by atoms with Gasteiger partial charge in [-0.3, -0.25) is 9.36 Å². The summed E-state index contributed by atoms with van der Waals surface area (Å²) in [5, 5.41) is 6.70. The van der Waals surface area contributed by atoms with Gasteiger partial charge in [0.05, 0.1) is 59.2 Å². The average molecular weight is 584 g/mol. The second kappa shape index (κ2) is 9.99. The number of nitrogens with one attached hydrogen (secondary N) is 2. The highest BCUT2D eigenvalue weighted by molar-refractivity contribution is 9.10. The molecule has 1 aliphatic rings. The zero-order chi connectivity index (χ0) is 26.3. The van der Waals surface area contributed by atoms with Crippen molar-refractivity contribution in [2.45, 2.75) is 13.0 Å². The Labute approximate surface area is 227 Å². The van der Waals surface area contributed by atoms with Crippen LogP contribution in [0.5, 0.6) is 17.2 Å². The zero-order valence-corrected chi connectivity index (χ0v) is 22.9. The van der Waals surface area contributed by atoms with Crippen molar-refractivity contribution >= 4 is 56.1 Å². The highest BCUT2D eigenvalue weighted by atomic mass is 79.9. The number of benzene rings is 3. The van der Waals surface area contributed by atoms with Crippen molar-refractivity contribution in [3.8, 4) is 17.2 Å². The molecule has 190 valence electrons. The number of imidazole rings is 1. The molecule has 1 aliphatic heterocycles. The predicted octanol–water partition coefficient (Wildman–Crippen LogP) is 6.41. The lowest BCUT2D eigenvalue weighted by molar-refractivity contribution is -0.113. The zero-order valence-electron chi connectivity index (χ0n) is 20.6. The molecular formula is C27H24BrClN4O4. The minimum absolute atomic E-state index is 0.312. The Morgan fingerprint density at radius 3 is 2.46 bits per heavy atom. The van der Waals surface area contributed by atoms with Crippen LogP contribution < -0.4 is 24.8 Å². The van der Waals surface area contributed by atoms with Gasteiger partial charge in [-0.15, -0.1) is 0 Å². The van der Waals surface area contributed by atoms with Gasteiger partial charge in [-0.2, -0.15) is 0 Å². The van der Waals surface area contributed by atoms with Crippen LogP contribution in [0.15, 0.2) is 70.3 Å². The normalized spacial score (nSPS) is 14.7. The van der Waals surface area contributed by atoms with Crippen LogP contribution in [0.1, 0.15) is 18.5 Å². The van der Waals surface area contributed by atoms with Gasteiger partial charge in [0, 0.05) is 17.8 Å². The second-order valence-corrected chi connectivity index (χ2v) is 9.66. The highest BCUT2D eigenvalue weighted by Crippen LogP contribution is 2.42. The predicted molar refractivity (Wildman–Crippen MR) is 148 cm³/mol. The third-order valence-electron chi connectivity index (χ3n) is 6.29. The number of rotatable bonds is 6. The first-order valence-corrected chi connectivity index (χ1v) is 12.5. The molecule has 1 amide bonds. The number of anilines is 2. The van der Waals surface area contributed by atoms with Gasteiger partial charge in [0.2, 0.25) is 5.95 Å². The van der Waals surface area contributed by atoms with Crippen LogP contribution in [-0.2, 0) is 4.79 Å². The molecule has 2 N–H and O–H groups in total. The van der Waals surface area contributed by atoms with E-state index in [9.17, 15) is 4.79 Å². The van der Waals surface area contributed by atoms with Crippen LogP contribution in [0.3, 0.4) is 0 Å². The summed E-state index contributed by atoms with van der Waals surface area (Å²) in [5.41, 5.74) is 4.22. The van der Waals surface area contributed by atoms with E-state index in [0.29, 0.717) is 45.2 Å². The Morgan fingerprint density at radius 1 is 1.03 bits per heavy atom. The van der Waals surface area contributed by atoms with Crippen LogP contribution in [-0.4, -0.2) is 36.8 Å². The molecule has 0 saturated carbocycles. The molecule has 1 atom stereocenters. The van der Waals surface area contributed by atoms with Crippen molar-refractivity contribution in [1.29, 1.82) is 0 Å². The number of carbonyl (C=O) groups is 1. The molecular weight excluding hydrogens is 560 g/mol. The maximum atomic E-state index is 14.0. The molecule has 8 nitrogen and oxygen atoms in total. The lowest BCUT2D eigenvalue weighted by Gasteiger charge is -2.31. The summed E-state index contributed by atoms with van der Waals surface area (Å²) in [5.74, 6) is 1.87. The number of methoxy groups -OCH3 is 3. The van der Waals surface area contributed by atoms with E-state index in [1.807, 2.05) is 54.0 Å². The lowest BCUT2D eigenvalue weighted by Crippen LogP contribution is -2.31. The molecule has 0 aliphatic carbocycles. The number of hydrogen-bond acceptors (Lipinski definition) is 6. The Balaban J connectivity index is 1.66. The first-order chi connectivity index (χ1) is 17.9. The van der Waals surface area contributed by atoms with Gasteiger partial charge in [-0.05, 0) is 52.7 Å². The Kier molecular flexibility index (Phi) is 6.74. The van der Waals surface area contributed by atoms with Crippen LogP contribution in [0, 0.1) is 0 Å². The number of hydrogen-bond donors (Lipinski definition) is 2. The van der Waals surface area contributed by atoms with Crippen LogP contribution >= 0.6 is 27.5 Å². The SMILES string of the molecule is COc1cc(NC(=O)C2=C(C)Nc3nc4ccccc4n3[C@@H]2c2ccc(OC)c(Br)c2)c(OC)cc1Cl. The number of halogens is 2. The van der Waals surface area contributed by atoms with Gasteiger partial charge in [-0.25, -0.2) is 4.98 Å². The molecule has 5 rings (SSSR count). The quantitative estimate of drug-likeness (QED) is 0.273. The number of aromatic nitrogens is 2. The van der Waals surface area contributed by atoms with Crippen molar-refractivity contribution in [3.63, 3.8) is 0 Å². The van der Waals surface area contributed by atoms with Crippen LogP contribution in [0.4, 0.5) is 11.6 Å². The summed E-state index contributed by atoms with van der Waals surface area (Å²) < 4.78 is 19.1. The maximum absolute atomic E-state index is 14.0. The van der Waals surface area contributed by atoms with Crippen molar-refractivity contribution in [2.24, 2.45) is 0 Å². The smallest absolute Gasteiger partial charge is 0.255 e. The van der Waals surface area contributed by atoms with Gasteiger partial charge in [0.1, 0.15) is 17.2 Å². The van der Waals surface area contributed by atoms with Gasteiger partial charge in [-0.1, -0.05) is 29.8 Å². The summed E-state index contributed by atoms with van der Waals surface area (Å²) in [7, 11) is 4.64. The molecule has 37 heavy (non-hydrogen) atoms. The highest BCUT2D eigenvalue weighted by Gasteiger charge is 2.35. The fraction of sp³-hybridized carbons (Fsp3) is 0.185. The molecule has 0 fully saturated rings. The van der Waals surface area contributed by atoms with Crippen molar-refractivity contribution in [2.75, 3.05) is 32.0 Å². The fourth-order valence-electron chi connectivity index (χ4n) is 4.57. The largest absolute Gasteiger partial charge is 0.496 e. The molecule has 0 saturated heterocycles. The van der Waals surface area contributed by atoms with Crippen LogP contribution in [0.2, 0.25) is 5.02 Å². The summed E-state index contributed by atoms with van der Waals surface area (Å²) >= 11 is 9.87. The minimum atomic E-state index is -0.481. The van der Waals surface area contributed by atoms with E-state index >= 15 is 0 Å². The van der Waals surface area contributed by atoms with Crippen molar-refractivity contribution in [1.82, 2.24) is 9.55 Å². The number of ether oxygens (including phenoxy) is 3. The van der Waals surface area contributed by atoms with E-state index < -0.39 is 6.04 Å². The number of carbonyl (C=O) groups excluding carboxylic acids is 1. The van der Waals surface area contributed by atoms with Gasteiger partial charge in [0.25, 0.3) is 5.91 Å². The second-order valence-electron chi connectivity index (χ2n) is 8.40. The lowest BCUT2D eigenvalue weighted by atomic mass is 9.94. The summed E-state index contributed by atoms with van der Waals surface area (Å²) in [4.78, 5) is 18.8. The number of nitrogens with zero attached hydrogens (tertiary/aromatic N) is 2. The van der Waals surface area contributed by atoms with Crippen molar-refractivity contribution < 1.29 is 19.0 Å². The molecule has 0 bridgehead atoms. The standard InChI is InChI=1S/C27H24BrClN4O4/c1-14-24(26(34)31-19-13-22(36-3)17(29)12-23(19)37-4)25(15-9-10-21(35-2)16(28)11-15)33-20-8-6-5-7-18(20)32-27(33)30-14/h5-13,25H,1-4H3,(H,30,32)(H,31,34)/t25-/m1/s1. The number of fused-ring (bicyclic) bond motifs is 3. The first-order valence-electron chi connectivity index (χ1n) is 11.4. The monoisotopic (exact) mass is 582 g/mol. The summed E-state index contributed by atoms with van der Waals surface area (Å²) in [6, 6.07) is 16.4. The molecule has 1 aromatic heterocycles. The minimum Gasteiger partial charge on any atom is -0.496 e. The first kappa shape index (κ1) is 25.0. The topological polar surface area (TPSA) is 86.6 Å². The van der Waals surface area contributed by atoms with E-state index in [4.69, 9.17) is 30.8 Å². The number of amides is 1. The van der Waals surface area contributed by atoms with E-state index in [-0.39, 0.29) is 5.91 Å². The van der Waals surface area contributed by atoms with E-state index in [0.717, 1.165) is 21.1 Å². The average Bonchev–Trinajstić information content (AvgIpc) is 3.26. The molecule has 2 heterocycles. The third-order valence-corrected chi connectivity index (χ3v) is 7.20. The third kappa shape index (κ3) is 4.38. The van der Waals surface area contributed by atoms with Crippen molar-refractivity contribution in [3.05, 3.63) is 80.9 Å². The van der Waals surface area contributed by atoms with Gasteiger partial charge < -0.3 is 24.8 Å². The molecule has 0 radical (unpaired) electrons. The van der Waals surface area contributed by atoms with E-state index in [2.05, 4.69) is 26.6 Å². The van der Waals surface area contributed by atoms with Gasteiger partial charge in [0.15, 0.2) is 0 Å². The number of allylic oxidation sites excluding steroid dienone is 1. The summed E-state index contributed by atoms with van der Waals surface area (Å²) in [6.45, 7) is 1.86. The molecule has 4 aromatic rings. The Morgan fingerprint density at radius 2 is 1.76 bits per heavy atom. The molecule has 3 aromatic carbocycles. The molecule has 0 unspecified atom stereocenters. The maximum Gasteiger partial charge on any atom is 0.255 e. The summed E-state index contributed by atoms with van der Waals surface area (Å²) in [6.07, 6.45) is 0.